The van der Waals surface area contributed by atoms with Crippen molar-refractivity contribution in [2.24, 2.45) is 0 Å². The first kappa shape index (κ1) is 20.7. The molecule has 0 unspecified atom stereocenters. The predicted octanol–water partition coefficient (Wildman–Crippen LogP) is 2.05. The molecule has 1 heterocycles. The topological polar surface area (TPSA) is 73.9 Å². The zero-order valence-corrected chi connectivity index (χ0v) is 17.4. The molecule has 1 aliphatic heterocycles. The Morgan fingerprint density at radius 1 is 1.14 bits per heavy atom. The van der Waals surface area contributed by atoms with E-state index >= 15 is 0 Å². The van der Waals surface area contributed by atoms with Gasteiger partial charge in [0.25, 0.3) is 0 Å². The minimum atomic E-state index is -0.691. The molecule has 1 atom stereocenters. The molecule has 7 heteroatoms. The molecule has 0 aromatic heterocycles. The molecule has 2 N–H and O–H groups in total. The van der Waals surface area contributed by atoms with E-state index in [4.69, 9.17) is 4.74 Å². The van der Waals surface area contributed by atoms with E-state index in [1.165, 1.54) is 11.3 Å². The summed E-state index contributed by atoms with van der Waals surface area (Å²) in [6.07, 6.45) is 1.02. The second kappa shape index (κ2) is 8.96. The summed E-state index contributed by atoms with van der Waals surface area (Å²) < 4.78 is 5.09. The third kappa shape index (κ3) is 4.86. The molecule has 0 bridgehead atoms. The van der Waals surface area contributed by atoms with Crippen LogP contribution in [0.4, 0.5) is 11.4 Å². The lowest BCUT2D eigenvalue weighted by atomic mass is 10.0. The van der Waals surface area contributed by atoms with Gasteiger partial charge in [-0.3, -0.25) is 9.59 Å². The summed E-state index contributed by atoms with van der Waals surface area (Å²) in [6.45, 7) is 1.37. The highest BCUT2D eigenvalue weighted by Crippen LogP contribution is 2.30. The number of amides is 2. The Hall–Kier alpha value is -3.06. The number of carbonyl (C=O) groups excluding carboxylic acids is 2. The maximum atomic E-state index is 12.3. The van der Waals surface area contributed by atoms with Gasteiger partial charge in [-0.1, -0.05) is 12.1 Å². The zero-order valence-electron chi connectivity index (χ0n) is 17.4. The number of likely N-dealkylation sites (N-methyl/N-ethyl adjacent to an activating group) is 2. The Kier molecular flexibility index (Phi) is 6.39. The second-order valence-electron chi connectivity index (χ2n) is 7.43. The normalized spacial score (nSPS) is 13.8. The number of ether oxygens (including phenoxy) is 1. The summed E-state index contributed by atoms with van der Waals surface area (Å²) in [5, 5.41) is 5.35. The molecule has 154 valence electrons. The van der Waals surface area contributed by atoms with Crippen molar-refractivity contribution in [1.29, 1.82) is 0 Å². The van der Waals surface area contributed by atoms with Crippen LogP contribution in [-0.2, 0) is 16.0 Å². The molecule has 2 amide bonds. The van der Waals surface area contributed by atoms with E-state index in [0.29, 0.717) is 18.0 Å². The van der Waals surface area contributed by atoms with Crippen LogP contribution in [0.5, 0.6) is 5.75 Å². The molecule has 1 aliphatic rings. The van der Waals surface area contributed by atoms with E-state index in [0.717, 1.165) is 18.5 Å². The Bertz CT molecular complexity index is 880. The monoisotopic (exact) mass is 396 g/mol. The first-order chi connectivity index (χ1) is 13.9. The first-order valence-corrected chi connectivity index (χ1v) is 9.62. The van der Waals surface area contributed by atoms with E-state index in [9.17, 15) is 9.59 Å². The largest absolute Gasteiger partial charge is 0.497 e. The van der Waals surface area contributed by atoms with Crippen LogP contribution >= 0.6 is 0 Å². The molecular weight excluding hydrogens is 368 g/mol. The van der Waals surface area contributed by atoms with Gasteiger partial charge < -0.3 is 25.2 Å². The lowest BCUT2D eigenvalue weighted by Gasteiger charge is -2.26. The van der Waals surface area contributed by atoms with Crippen molar-refractivity contribution in [3.63, 3.8) is 0 Å². The maximum absolute atomic E-state index is 12.3. The Balaban J connectivity index is 1.61. The summed E-state index contributed by atoms with van der Waals surface area (Å²) in [5.74, 6) is -0.668. The Labute approximate surface area is 171 Å². The summed E-state index contributed by atoms with van der Waals surface area (Å²) in [6, 6.07) is 13.2. The number of carbonyl (C=O) groups is 2. The fourth-order valence-electron chi connectivity index (χ4n) is 3.52. The number of rotatable bonds is 6. The van der Waals surface area contributed by atoms with Gasteiger partial charge in [0.05, 0.1) is 13.2 Å². The number of benzene rings is 2. The fraction of sp³-hybridized carbons (Fsp3) is 0.364. The van der Waals surface area contributed by atoms with Gasteiger partial charge in [0.1, 0.15) is 5.75 Å². The molecule has 0 aliphatic carbocycles. The number of hydrogen-bond donors (Lipinski definition) is 2. The van der Waals surface area contributed by atoms with Gasteiger partial charge in [0.15, 0.2) is 0 Å². The molecule has 0 radical (unpaired) electrons. The lowest BCUT2D eigenvalue weighted by Crippen LogP contribution is -2.40. The van der Waals surface area contributed by atoms with Crippen molar-refractivity contribution in [2.75, 3.05) is 51.6 Å². The van der Waals surface area contributed by atoms with Crippen LogP contribution in [0.25, 0.3) is 0 Å². The Morgan fingerprint density at radius 3 is 2.52 bits per heavy atom. The number of nitrogens with zero attached hydrogens (tertiary/aromatic N) is 2. The zero-order chi connectivity index (χ0) is 21.0. The van der Waals surface area contributed by atoms with Crippen molar-refractivity contribution in [3.05, 3.63) is 53.6 Å². The molecular formula is C22H28N4O3. The van der Waals surface area contributed by atoms with Gasteiger partial charge in [-0.05, 0) is 62.0 Å². The van der Waals surface area contributed by atoms with E-state index in [2.05, 4.69) is 40.8 Å². The van der Waals surface area contributed by atoms with E-state index in [1.807, 2.05) is 19.0 Å². The van der Waals surface area contributed by atoms with Crippen LogP contribution < -0.4 is 20.3 Å². The number of hydrogen-bond acceptors (Lipinski definition) is 5. The third-order valence-electron chi connectivity index (χ3n) is 5.25. The first-order valence-electron chi connectivity index (χ1n) is 9.62. The highest BCUT2D eigenvalue weighted by molar-refractivity contribution is 6.39. The minimum Gasteiger partial charge on any atom is -0.497 e. The number of methoxy groups -OCH3 is 1. The molecule has 0 fully saturated rings. The van der Waals surface area contributed by atoms with Gasteiger partial charge in [-0.25, -0.2) is 0 Å². The molecule has 2 aromatic rings. The van der Waals surface area contributed by atoms with Crippen LogP contribution in [-0.4, -0.2) is 58.1 Å². The van der Waals surface area contributed by atoms with Gasteiger partial charge in [-0.15, -0.1) is 0 Å². The molecule has 7 nitrogen and oxygen atoms in total. The van der Waals surface area contributed by atoms with E-state index in [1.54, 1.807) is 31.4 Å². The standard InChI is InChI=1S/C22H28N4O3/c1-25(2)20(15-5-10-19-16(13-15)11-12-26(19)3)14-23-21(27)22(28)24-17-6-8-18(29-4)9-7-17/h5-10,13,20H,11-12,14H2,1-4H3,(H,23,27)(H,24,28)/t20-/m1/s1. The number of nitrogens with one attached hydrogen (secondary N) is 2. The van der Waals surface area contributed by atoms with Crippen LogP contribution in [0.2, 0.25) is 0 Å². The van der Waals surface area contributed by atoms with Crippen LogP contribution in [0.3, 0.4) is 0 Å². The van der Waals surface area contributed by atoms with Crippen LogP contribution in [0.1, 0.15) is 17.2 Å². The van der Waals surface area contributed by atoms with E-state index < -0.39 is 11.8 Å². The van der Waals surface area contributed by atoms with Gasteiger partial charge in [0, 0.05) is 31.5 Å². The van der Waals surface area contributed by atoms with Crippen LogP contribution in [0, 0.1) is 0 Å². The molecule has 0 saturated heterocycles. The fourth-order valence-corrected chi connectivity index (χ4v) is 3.52. The van der Waals surface area contributed by atoms with E-state index in [-0.39, 0.29) is 6.04 Å². The van der Waals surface area contributed by atoms with Crippen molar-refractivity contribution in [1.82, 2.24) is 10.2 Å². The summed E-state index contributed by atoms with van der Waals surface area (Å²) in [5.41, 5.74) is 4.24. The lowest BCUT2D eigenvalue weighted by molar-refractivity contribution is -0.136. The summed E-state index contributed by atoms with van der Waals surface area (Å²) in [7, 11) is 7.60. The number of anilines is 2. The molecule has 29 heavy (non-hydrogen) atoms. The third-order valence-corrected chi connectivity index (χ3v) is 5.25. The average Bonchev–Trinajstić information content (AvgIpc) is 3.08. The smallest absolute Gasteiger partial charge is 0.313 e. The molecule has 0 spiro atoms. The highest BCUT2D eigenvalue weighted by Gasteiger charge is 2.22. The van der Waals surface area contributed by atoms with Crippen molar-refractivity contribution in [3.8, 4) is 5.75 Å². The Morgan fingerprint density at radius 2 is 1.86 bits per heavy atom. The summed E-state index contributed by atoms with van der Waals surface area (Å²) >= 11 is 0. The number of fused-ring (bicyclic) bond motifs is 1. The van der Waals surface area contributed by atoms with Crippen LogP contribution in [0.15, 0.2) is 42.5 Å². The van der Waals surface area contributed by atoms with Crippen molar-refractivity contribution >= 4 is 23.2 Å². The van der Waals surface area contributed by atoms with Crippen molar-refractivity contribution in [2.45, 2.75) is 12.5 Å². The molecule has 2 aromatic carbocycles. The molecule has 3 rings (SSSR count). The average molecular weight is 396 g/mol. The SMILES string of the molecule is COc1ccc(NC(=O)C(=O)NC[C@H](c2ccc3c(c2)CCN3C)N(C)C)cc1. The quantitative estimate of drug-likeness (QED) is 0.731. The summed E-state index contributed by atoms with van der Waals surface area (Å²) in [4.78, 5) is 28.8. The van der Waals surface area contributed by atoms with Gasteiger partial charge >= 0.3 is 11.8 Å². The van der Waals surface area contributed by atoms with Gasteiger partial charge in [-0.2, -0.15) is 0 Å². The minimum absolute atomic E-state index is 0.0241. The second-order valence-corrected chi connectivity index (χ2v) is 7.43. The maximum Gasteiger partial charge on any atom is 0.313 e. The van der Waals surface area contributed by atoms with Gasteiger partial charge in [0.2, 0.25) is 0 Å². The van der Waals surface area contributed by atoms with Crippen molar-refractivity contribution < 1.29 is 14.3 Å². The molecule has 0 saturated carbocycles. The highest BCUT2D eigenvalue weighted by atomic mass is 16.5. The predicted molar refractivity (Wildman–Crippen MR) is 114 cm³/mol.